The Bertz CT molecular complexity index is 985. The number of sulfonamides is 1. The van der Waals surface area contributed by atoms with Gasteiger partial charge in [-0.2, -0.15) is 11.3 Å². The lowest BCUT2D eigenvalue weighted by molar-refractivity contribution is 0.270. The highest BCUT2D eigenvalue weighted by Crippen LogP contribution is 2.33. The molecule has 0 bridgehead atoms. The summed E-state index contributed by atoms with van der Waals surface area (Å²) in [6.07, 6.45) is 0. The van der Waals surface area contributed by atoms with Gasteiger partial charge in [0.25, 0.3) is 5.24 Å². The highest BCUT2D eigenvalue weighted by Gasteiger charge is 2.15. The van der Waals surface area contributed by atoms with Gasteiger partial charge in [-0.25, -0.2) is 13.6 Å². The van der Waals surface area contributed by atoms with E-state index in [1.165, 1.54) is 23.5 Å². The third kappa shape index (κ3) is 4.49. The van der Waals surface area contributed by atoms with Crippen LogP contribution in [0.5, 0.6) is 0 Å². The van der Waals surface area contributed by atoms with E-state index in [1.54, 1.807) is 6.07 Å². The smallest absolute Gasteiger partial charge is 0.288 e. The fourth-order valence-corrected chi connectivity index (χ4v) is 4.07. The number of thiophene rings is 1. The van der Waals surface area contributed by atoms with Gasteiger partial charge < -0.3 is 5.32 Å². The van der Waals surface area contributed by atoms with E-state index in [9.17, 15) is 13.2 Å². The minimum absolute atomic E-state index is 0.0495. The van der Waals surface area contributed by atoms with E-state index >= 15 is 0 Å². The van der Waals surface area contributed by atoms with Gasteiger partial charge in [-0.15, -0.1) is 0 Å². The number of nitrogens with one attached hydrogen (secondary N) is 1. The van der Waals surface area contributed by atoms with Crippen molar-refractivity contribution >= 4 is 44.0 Å². The van der Waals surface area contributed by atoms with E-state index in [1.807, 2.05) is 47.2 Å². The van der Waals surface area contributed by atoms with Crippen LogP contribution in [0.25, 0.3) is 11.1 Å². The molecule has 0 unspecified atom stereocenters. The van der Waals surface area contributed by atoms with Crippen LogP contribution in [0, 0.1) is 0 Å². The predicted molar refractivity (Wildman–Crippen MR) is 102 cm³/mol. The van der Waals surface area contributed by atoms with Gasteiger partial charge in [0, 0.05) is 10.5 Å². The molecular formula is C17H14N2O3S3. The van der Waals surface area contributed by atoms with Crippen LogP contribution in [-0.4, -0.2) is 13.7 Å². The zero-order chi connectivity index (χ0) is 17.9. The number of primary sulfonamides is 1. The Morgan fingerprint density at radius 1 is 1.08 bits per heavy atom. The Hall–Kier alpha value is -2.13. The number of thioether (sulfide) groups is 1. The number of hydrogen-bond acceptors (Lipinski definition) is 5. The van der Waals surface area contributed by atoms with E-state index < -0.39 is 10.0 Å². The van der Waals surface area contributed by atoms with E-state index in [4.69, 9.17) is 5.14 Å². The van der Waals surface area contributed by atoms with Gasteiger partial charge in [-0.05, 0) is 58.4 Å². The number of carbonyl (C=O) groups is 1. The molecule has 0 saturated carbocycles. The maximum atomic E-state index is 12.3. The summed E-state index contributed by atoms with van der Waals surface area (Å²) in [4.78, 5) is 13.1. The molecule has 1 aromatic heterocycles. The first-order valence-electron chi connectivity index (χ1n) is 7.17. The van der Waals surface area contributed by atoms with Crippen molar-refractivity contribution in [2.24, 2.45) is 5.14 Å². The molecule has 2 aromatic carbocycles. The lowest BCUT2D eigenvalue weighted by Crippen LogP contribution is -2.13. The fraction of sp³-hybridized carbons (Fsp3) is 0. The molecule has 128 valence electrons. The summed E-state index contributed by atoms with van der Waals surface area (Å²) in [5.74, 6) is 0. The zero-order valence-corrected chi connectivity index (χ0v) is 15.3. The number of hydrogen-bond donors (Lipinski definition) is 2. The van der Waals surface area contributed by atoms with Crippen molar-refractivity contribution in [3.05, 3.63) is 65.4 Å². The van der Waals surface area contributed by atoms with Crippen LogP contribution in [-0.2, 0) is 10.0 Å². The molecule has 1 amide bonds. The second kappa shape index (κ2) is 7.40. The van der Waals surface area contributed by atoms with Crippen molar-refractivity contribution in [3.63, 3.8) is 0 Å². The Balaban J connectivity index is 1.93. The topological polar surface area (TPSA) is 89.3 Å². The number of carbonyl (C=O) groups excluding carboxylic acids is 1. The summed E-state index contributed by atoms with van der Waals surface area (Å²) in [5, 5.41) is 11.5. The van der Waals surface area contributed by atoms with Gasteiger partial charge in [0.05, 0.1) is 10.6 Å². The van der Waals surface area contributed by atoms with Gasteiger partial charge in [-0.1, -0.05) is 24.3 Å². The summed E-state index contributed by atoms with van der Waals surface area (Å²) in [7, 11) is -3.86. The maximum Gasteiger partial charge on any atom is 0.288 e. The van der Waals surface area contributed by atoms with Gasteiger partial charge in [0.1, 0.15) is 0 Å². The quantitative estimate of drug-likeness (QED) is 0.647. The molecule has 25 heavy (non-hydrogen) atoms. The Morgan fingerprint density at radius 3 is 2.48 bits per heavy atom. The number of rotatable bonds is 4. The van der Waals surface area contributed by atoms with Crippen LogP contribution in [0.15, 0.2) is 75.1 Å². The molecule has 3 rings (SSSR count). The standard InChI is InChI=1S/C17H14N2O3S3/c18-25(21,22)14-6-7-15(12-8-9-23-11-12)16(10-14)19-17(20)24-13-4-2-1-3-5-13/h1-11H,(H,19,20)(H2,18,21,22). The highest BCUT2D eigenvalue weighted by molar-refractivity contribution is 8.13. The first-order chi connectivity index (χ1) is 11.9. The molecule has 0 aliphatic heterocycles. The largest absolute Gasteiger partial charge is 0.316 e. The summed E-state index contributed by atoms with van der Waals surface area (Å²) in [6, 6.07) is 15.6. The molecule has 3 N–H and O–H groups in total. The Kier molecular flexibility index (Phi) is 5.24. The average molecular weight is 391 g/mol. The van der Waals surface area contributed by atoms with Crippen molar-refractivity contribution in [1.29, 1.82) is 0 Å². The highest BCUT2D eigenvalue weighted by atomic mass is 32.2. The molecule has 0 aliphatic carbocycles. The molecule has 8 heteroatoms. The van der Waals surface area contributed by atoms with Crippen molar-refractivity contribution < 1.29 is 13.2 Å². The van der Waals surface area contributed by atoms with Gasteiger partial charge in [-0.3, -0.25) is 4.79 Å². The van der Waals surface area contributed by atoms with Gasteiger partial charge >= 0.3 is 0 Å². The molecule has 0 spiro atoms. The second-order valence-electron chi connectivity index (χ2n) is 5.09. The van der Waals surface area contributed by atoms with Crippen molar-refractivity contribution in [3.8, 4) is 11.1 Å². The van der Waals surface area contributed by atoms with Gasteiger partial charge in [0.15, 0.2) is 0 Å². The number of amides is 1. The van der Waals surface area contributed by atoms with Crippen LogP contribution in [0.1, 0.15) is 0 Å². The van der Waals surface area contributed by atoms with Crippen LogP contribution in [0.3, 0.4) is 0 Å². The summed E-state index contributed by atoms with van der Waals surface area (Å²) >= 11 is 2.54. The van der Waals surface area contributed by atoms with E-state index in [0.717, 1.165) is 27.8 Å². The second-order valence-corrected chi connectivity index (χ2v) is 8.48. The molecule has 0 fully saturated rings. The molecular weight excluding hydrogens is 376 g/mol. The van der Waals surface area contributed by atoms with Crippen molar-refractivity contribution in [2.45, 2.75) is 9.79 Å². The molecule has 3 aromatic rings. The monoisotopic (exact) mass is 390 g/mol. The normalized spacial score (nSPS) is 11.2. The number of anilines is 1. The predicted octanol–water partition coefficient (Wildman–Crippen LogP) is 4.39. The molecule has 0 atom stereocenters. The minimum Gasteiger partial charge on any atom is -0.316 e. The lowest BCUT2D eigenvalue weighted by atomic mass is 10.1. The maximum absolute atomic E-state index is 12.3. The SMILES string of the molecule is NS(=O)(=O)c1ccc(-c2ccsc2)c(NC(=O)Sc2ccccc2)c1. The number of benzene rings is 2. The molecule has 0 radical (unpaired) electrons. The molecule has 1 heterocycles. The Labute approximate surface area is 153 Å². The van der Waals surface area contributed by atoms with Crippen LogP contribution >= 0.6 is 23.1 Å². The molecule has 0 aliphatic rings. The van der Waals surface area contributed by atoms with E-state index in [-0.39, 0.29) is 10.1 Å². The van der Waals surface area contributed by atoms with Gasteiger partial charge in [0.2, 0.25) is 10.0 Å². The lowest BCUT2D eigenvalue weighted by Gasteiger charge is -2.12. The summed E-state index contributed by atoms with van der Waals surface area (Å²) in [6.45, 7) is 0. The van der Waals surface area contributed by atoms with E-state index in [0.29, 0.717) is 5.69 Å². The third-order valence-corrected chi connectivity index (χ3v) is 5.73. The molecule has 0 saturated heterocycles. The van der Waals surface area contributed by atoms with Crippen molar-refractivity contribution in [2.75, 3.05) is 5.32 Å². The van der Waals surface area contributed by atoms with Crippen molar-refractivity contribution in [1.82, 2.24) is 0 Å². The van der Waals surface area contributed by atoms with E-state index in [2.05, 4.69) is 5.32 Å². The summed E-state index contributed by atoms with van der Waals surface area (Å²) < 4.78 is 23.2. The van der Waals surface area contributed by atoms with Crippen LogP contribution in [0.2, 0.25) is 0 Å². The summed E-state index contributed by atoms with van der Waals surface area (Å²) in [5.41, 5.74) is 2.03. The van der Waals surface area contributed by atoms with Crippen LogP contribution < -0.4 is 10.5 Å². The molecule has 5 nitrogen and oxygen atoms in total. The average Bonchev–Trinajstić information content (AvgIpc) is 3.09. The number of nitrogens with two attached hydrogens (primary N) is 1. The first kappa shape index (κ1) is 17.7. The fourth-order valence-electron chi connectivity index (χ4n) is 2.20. The Morgan fingerprint density at radius 2 is 1.84 bits per heavy atom. The third-order valence-electron chi connectivity index (χ3n) is 3.34. The minimum atomic E-state index is -3.86. The zero-order valence-electron chi connectivity index (χ0n) is 12.9. The van der Waals surface area contributed by atoms with Crippen LogP contribution in [0.4, 0.5) is 10.5 Å². The first-order valence-corrected chi connectivity index (χ1v) is 10.5.